The summed E-state index contributed by atoms with van der Waals surface area (Å²) in [5, 5.41) is 17.6. The summed E-state index contributed by atoms with van der Waals surface area (Å²) in [5.74, 6) is 0.661. The van der Waals surface area contributed by atoms with Crippen LogP contribution in [0.25, 0.3) is 0 Å². The average Bonchev–Trinajstić information content (AvgIpc) is 2.26. The van der Waals surface area contributed by atoms with Crippen LogP contribution in [-0.2, 0) is 14.4 Å². The van der Waals surface area contributed by atoms with Gasteiger partial charge in [0.05, 0.1) is 11.9 Å². The maximum absolute atomic E-state index is 9.99. The van der Waals surface area contributed by atoms with Gasteiger partial charge in [-0.05, 0) is 0 Å². The van der Waals surface area contributed by atoms with E-state index in [2.05, 4.69) is 9.68 Å². The number of methoxy groups -OCH3 is 1. The minimum atomic E-state index is -0.945. The van der Waals surface area contributed by atoms with Crippen LogP contribution in [0.1, 0.15) is 0 Å². The summed E-state index contributed by atoms with van der Waals surface area (Å²) < 4.78 is 4.81. The molecule has 0 N–H and O–H groups in total. The highest BCUT2D eigenvalue weighted by Gasteiger charge is 2.14. The Kier molecular flexibility index (Phi) is 9.66. The molecule has 0 heterocycles. The predicted octanol–water partition coefficient (Wildman–Crippen LogP) is 0.799. The first-order chi connectivity index (χ1) is 8.06. The first-order valence-electron chi connectivity index (χ1n) is 4.38. The van der Waals surface area contributed by atoms with Crippen LogP contribution in [0.4, 0.5) is 0 Å². The van der Waals surface area contributed by atoms with E-state index in [9.17, 15) is 20.2 Å². The van der Waals surface area contributed by atoms with Crippen LogP contribution >= 0.6 is 21.6 Å². The zero-order valence-electron chi connectivity index (χ0n) is 8.97. The van der Waals surface area contributed by atoms with E-state index in [0.717, 1.165) is 0 Å². The number of nitrogens with zero attached hydrogens (tertiary/aromatic N) is 2. The van der Waals surface area contributed by atoms with Gasteiger partial charge in [-0.2, -0.15) is 0 Å². The molecule has 100 valence electrons. The van der Waals surface area contributed by atoms with E-state index in [0.29, 0.717) is 12.4 Å². The quantitative estimate of drug-likeness (QED) is 0.235. The fourth-order valence-electron chi connectivity index (χ4n) is 0.653. The van der Waals surface area contributed by atoms with Crippen LogP contribution in [0.3, 0.4) is 0 Å². The van der Waals surface area contributed by atoms with E-state index in [4.69, 9.17) is 4.74 Å². The zero-order chi connectivity index (χ0) is 13.1. The Morgan fingerprint density at radius 1 is 1.18 bits per heavy atom. The van der Waals surface area contributed by atoms with Crippen LogP contribution < -0.4 is 0 Å². The van der Waals surface area contributed by atoms with Gasteiger partial charge in [0.15, 0.2) is 0 Å². The summed E-state index contributed by atoms with van der Waals surface area (Å²) in [6.07, 6.45) is 0. The van der Waals surface area contributed by atoms with E-state index >= 15 is 0 Å². The lowest BCUT2D eigenvalue weighted by Gasteiger charge is -2.12. The predicted molar refractivity (Wildman–Crippen MR) is 61.6 cm³/mol. The molecule has 17 heavy (non-hydrogen) atoms. The summed E-state index contributed by atoms with van der Waals surface area (Å²) in [6.45, 7) is 0.00749. The third-order valence-electron chi connectivity index (χ3n) is 1.31. The van der Waals surface area contributed by atoms with Crippen molar-refractivity contribution in [3.8, 4) is 0 Å². The SMILES string of the molecule is COCCSSC(CO[N+](=O)[O-])CO[N+](=O)[O-]. The van der Waals surface area contributed by atoms with Gasteiger partial charge >= 0.3 is 0 Å². The van der Waals surface area contributed by atoms with Gasteiger partial charge in [0.2, 0.25) is 0 Å². The molecule has 0 rings (SSSR count). The van der Waals surface area contributed by atoms with Crippen LogP contribution in [0, 0.1) is 20.2 Å². The van der Waals surface area contributed by atoms with Crippen LogP contribution in [0.5, 0.6) is 0 Å². The second-order valence-electron chi connectivity index (χ2n) is 2.57. The van der Waals surface area contributed by atoms with E-state index in [1.54, 1.807) is 7.11 Å². The Morgan fingerprint density at radius 3 is 2.12 bits per heavy atom. The molecule has 11 heteroatoms. The molecular weight excluding hydrogens is 276 g/mol. The third kappa shape index (κ3) is 11.3. The monoisotopic (exact) mass is 288 g/mol. The molecule has 0 aliphatic heterocycles. The highest BCUT2D eigenvalue weighted by molar-refractivity contribution is 8.77. The Balaban J connectivity index is 3.83. The maximum Gasteiger partial charge on any atom is 0.294 e. The van der Waals surface area contributed by atoms with E-state index in [1.807, 2.05) is 0 Å². The lowest BCUT2D eigenvalue weighted by molar-refractivity contribution is -0.765. The number of hydrogen-bond donors (Lipinski definition) is 0. The van der Waals surface area contributed by atoms with Gasteiger partial charge in [-0.1, -0.05) is 21.6 Å². The van der Waals surface area contributed by atoms with Gasteiger partial charge in [0.25, 0.3) is 10.2 Å². The molecule has 0 radical (unpaired) electrons. The molecule has 0 aromatic rings. The summed E-state index contributed by atoms with van der Waals surface area (Å²) in [5.41, 5.74) is 0. The number of rotatable bonds is 11. The topological polar surface area (TPSA) is 114 Å². The zero-order valence-corrected chi connectivity index (χ0v) is 10.6. The molecule has 0 amide bonds. The standard InChI is InChI=1S/C6H12N2O7S2/c1-13-2-3-16-17-6(4-14-7(9)10)5-15-8(11)12/h6H,2-5H2,1H3. The Morgan fingerprint density at radius 2 is 1.71 bits per heavy atom. The number of hydrogen-bond acceptors (Lipinski definition) is 9. The summed E-state index contributed by atoms with van der Waals surface area (Å²) in [7, 11) is 4.15. The van der Waals surface area contributed by atoms with Crippen molar-refractivity contribution < 1.29 is 24.6 Å². The molecule has 0 unspecified atom stereocenters. The molecule has 0 spiro atoms. The van der Waals surface area contributed by atoms with Crippen LogP contribution in [0.2, 0.25) is 0 Å². The van der Waals surface area contributed by atoms with Gasteiger partial charge in [-0.25, -0.2) is 0 Å². The van der Waals surface area contributed by atoms with E-state index in [-0.39, 0.29) is 13.2 Å². The maximum atomic E-state index is 9.99. The molecule has 0 fully saturated rings. The van der Waals surface area contributed by atoms with Crippen molar-refractivity contribution in [1.29, 1.82) is 0 Å². The normalized spacial score (nSPS) is 10.2. The second kappa shape index (κ2) is 10.2. The van der Waals surface area contributed by atoms with Crippen molar-refractivity contribution in [2.75, 3.05) is 32.7 Å². The van der Waals surface area contributed by atoms with Gasteiger partial charge in [0.1, 0.15) is 13.2 Å². The molecule has 0 aliphatic rings. The first kappa shape index (κ1) is 16.1. The van der Waals surface area contributed by atoms with Crippen molar-refractivity contribution in [3.05, 3.63) is 20.2 Å². The fourth-order valence-corrected chi connectivity index (χ4v) is 2.81. The Hall–Kier alpha value is -0.940. The third-order valence-corrected chi connectivity index (χ3v) is 4.05. The minimum absolute atomic E-state index is 0.258. The van der Waals surface area contributed by atoms with Crippen molar-refractivity contribution in [1.82, 2.24) is 0 Å². The largest absolute Gasteiger partial charge is 0.384 e. The van der Waals surface area contributed by atoms with E-state index in [1.165, 1.54) is 21.6 Å². The van der Waals surface area contributed by atoms with Crippen LogP contribution in [-0.4, -0.2) is 48.1 Å². The summed E-state index contributed by atoms with van der Waals surface area (Å²) >= 11 is 0. The molecule has 0 saturated heterocycles. The molecule has 0 aromatic heterocycles. The molecular formula is C6H12N2O7S2. The minimum Gasteiger partial charge on any atom is -0.384 e. The number of ether oxygens (including phenoxy) is 1. The van der Waals surface area contributed by atoms with Crippen molar-refractivity contribution in [2.24, 2.45) is 0 Å². The van der Waals surface area contributed by atoms with Gasteiger partial charge in [-0.3, -0.25) is 0 Å². The molecule has 0 aromatic carbocycles. The Labute approximate surface area is 105 Å². The fraction of sp³-hybridized carbons (Fsp3) is 1.00. The highest BCUT2D eigenvalue weighted by atomic mass is 33.1. The lowest BCUT2D eigenvalue weighted by atomic mass is 10.5. The first-order valence-corrected chi connectivity index (χ1v) is 6.76. The second-order valence-corrected chi connectivity index (χ2v) is 5.36. The summed E-state index contributed by atoms with van der Waals surface area (Å²) in [4.78, 5) is 28.3. The lowest BCUT2D eigenvalue weighted by Crippen LogP contribution is -2.22. The van der Waals surface area contributed by atoms with Crippen molar-refractivity contribution in [3.63, 3.8) is 0 Å². The molecule has 9 nitrogen and oxygen atoms in total. The molecule has 0 aliphatic carbocycles. The smallest absolute Gasteiger partial charge is 0.294 e. The highest BCUT2D eigenvalue weighted by Crippen LogP contribution is 2.27. The van der Waals surface area contributed by atoms with Gasteiger partial charge < -0.3 is 14.4 Å². The Bertz CT molecular complexity index is 224. The van der Waals surface area contributed by atoms with Gasteiger partial charge in [-0.15, -0.1) is 20.2 Å². The van der Waals surface area contributed by atoms with Crippen molar-refractivity contribution in [2.45, 2.75) is 5.25 Å². The van der Waals surface area contributed by atoms with Crippen molar-refractivity contribution >= 4 is 21.6 Å². The van der Waals surface area contributed by atoms with Crippen LogP contribution in [0.15, 0.2) is 0 Å². The van der Waals surface area contributed by atoms with E-state index < -0.39 is 15.4 Å². The molecule has 0 atom stereocenters. The summed E-state index contributed by atoms with van der Waals surface area (Å²) in [6, 6.07) is 0. The van der Waals surface area contributed by atoms with Gasteiger partial charge in [0, 0.05) is 12.9 Å². The average molecular weight is 288 g/mol. The molecule has 0 saturated carbocycles. The molecule has 0 bridgehead atoms.